The molecule has 3 aromatic rings. The Kier molecular flexibility index (Phi) is 7.45. The van der Waals surface area contributed by atoms with Gasteiger partial charge in [-0.2, -0.15) is 5.10 Å². The summed E-state index contributed by atoms with van der Waals surface area (Å²) in [5.41, 5.74) is 3.64. The largest absolute Gasteiger partial charge is 0.506 e. The number of hydrazone groups is 1. The summed E-state index contributed by atoms with van der Waals surface area (Å²) in [6, 6.07) is 14.6. The first-order valence-corrected chi connectivity index (χ1v) is 10.0. The molecular formula is C21H14Cl4N2O3. The molecule has 30 heavy (non-hydrogen) atoms. The predicted molar refractivity (Wildman–Crippen MR) is 120 cm³/mol. The van der Waals surface area contributed by atoms with Crippen LogP contribution in [0.4, 0.5) is 0 Å². The molecule has 0 aliphatic carbocycles. The zero-order chi connectivity index (χ0) is 21.7. The molecule has 0 atom stereocenters. The fourth-order valence-corrected chi connectivity index (χ4v) is 3.45. The van der Waals surface area contributed by atoms with E-state index in [-0.39, 0.29) is 28.5 Å². The van der Waals surface area contributed by atoms with Gasteiger partial charge in [-0.25, -0.2) is 5.43 Å². The maximum Gasteiger partial charge on any atom is 0.275 e. The number of halogens is 4. The third-order valence-corrected chi connectivity index (χ3v) is 5.05. The summed E-state index contributed by atoms with van der Waals surface area (Å²) in [4.78, 5) is 12.5. The molecule has 0 spiro atoms. The number of hydrogen-bond acceptors (Lipinski definition) is 4. The number of amides is 1. The van der Waals surface area contributed by atoms with Crippen LogP contribution < -0.4 is 10.2 Å². The van der Waals surface area contributed by atoms with E-state index < -0.39 is 5.91 Å². The summed E-state index contributed by atoms with van der Waals surface area (Å²) in [6.45, 7) is 0.151. The third kappa shape index (κ3) is 5.58. The average Bonchev–Trinajstić information content (AvgIpc) is 2.71. The Morgan fingerprint density at radius 3 is 2.50 bits per heavy atom. The quantitative estimate of drug-likeness (QED) is 0.317. The topological polar surface area (TPSA) is 70.9 Å². The number of phenols is 1. The summed E-state index contributed by atoms with van der Waals surface area (Å²) in [6.07, 6.45) is 1.24. The smallest absolute Gasteiger partial charge is 0.275 e. The summed E-state index contributed by atoms with van der Waals surface area (Å²) >= 11 is 23.8. The number of phenolic OH excluding ortho intramolecular Hbond substituents is 1. The second-order valence-corrected chi connectivity index (χ2v) is 7.73. The van der Waals surface area contributed by atoms with E-state index in [1.54, 1.807) is 42.5 Å². The average molecular weight is 484 g/mol. The molecule has 2 N–H and O–H groups in total. The van der Waals surface area contributed by atoms with Crippen LogP contribution in [-0.2, 0) is 6.61 Å². The molecule has 0 unspecified atom stereocenters. The van der Waals surface area contributed by atoms with Gasteiger partial charge in [0.2, 0.25) is 0 Å². The Morgan fingerprint density at radius 1 is 1.00 bits per heavy atom. The van der Waals surface area contributed by atoms with Gasteiger partial charge in [0.1, 0.15) is 18.1 Å². The first kappa shape index (κ1) is 22.2. The molecule has 3 aromatic carbocycles. The highest BCUT2D eigenvalue weighted by molar-refractivity contribution is 6.36. The fourth-order valence-electron chi connectivity index (χ4n) is 2.48. The molecule has 0 aromatic heterocycles. The number of nitrogens with zero attached hydrogens (tertiary/aromatic N) is 1. The maximum atomic E-state index is 12.5. The molecule has 0 bridgehead atoms. The molecule has 3 rings (SSSR count). The number of ether oxygens (including phenoxy) is 1. The van der Waals surface area contributed by atoms with Crippen molar-refractivity contribution in [2.24, 2.45) is 5.10 Å². The van der Waals surface area contributed by atoms with E-state index in [0.29, 0.717) is 20.8 Å². The van der Waals surface area contributed by atoms with Crippen molar-refractivity contribution in [2.75, 3.05) is 0 Å². The van der Waals surface area contributed by atoms with Crippen molar-refractivity contribution in [3.8, 4) is 11.5 Å². The van der Waals surface area contributed by atoms with Crippen molar-refractivity contribution in [3.63, 3.8) is 0 Å². The minimum Gasteiger partial charge on any atom is -0.506 e. The zero-order valence-electron chi connectivity index (χ0n) is 15.2. The zero-order valence-corrected chi connectivity index (χ0v) is 18.2. The first-order valence-electron chi connectivity index (χ1n) is 8.52. The first-order chi connectivity index (χ1) is 14.3. The van der Waals surface area contributed by atoms with Crippen LogP contribution in [0.2, 0.25) is 20.1 Å². The summed E-state index contributed by atoms with van der Waals surface area (Å²) in [5.74, 6) is -0.343. The maximum absolute atomic E-state index is 12.5. The van der Waals surface area contributed by atoms with E-state index in [1.807, 2.05) is 0 Å². The van der Waals surface area contributed by atoms with E-state index in [0.717, 1.165) is 5.56 Å². The number of nitrogens with one attached hydrogen (secondary N) is 1. The molecule has 0 aliphatic rings. The molecule has 0 heterocycles. The predicted octanol–water partition coefficient (Wildman–Crippen LogP) is 6.35. The Bertz CT molecular complexity index is 1120. The number of carbonyl (C=O) groups excluding carboxylic acids is 1. The van der Waals surface area contributed by atoms with Gasteiger partial charge in [0.25, 0.3) is 5.91 Å². The molecule has 1 amide bonds. The van der Waals surface area contributed by atoms with E-state index in [9.17, 15) is 9.90 Å². The van der Waals surface area contributed by atoms with Crippen molar-refractivity contribution in [2.45, 2.75) is 6.61 Å². The van der Waals surface area contributed by atoms with Gasteiger partial charge >= 0.3 is 0 Å². The number of para-hydroxylation sites is 1. The molecule has 0 fully saturated rings. The lowest BCUT2D eigenvalue weighted by molar-refractivity contribution is 0.0950. The van der Waals surface area contributed by atoms with Crippen molar-refractivity contribution < 1.29 is 14.6 Å². The second kappa shape index (κ2) is 10.0. The number of aromatic hydroxyl groups is 1. The van der Waals surface area contributed by atoms with Crippen molar-refractivity contribution in [3.05, 3.63) is 91.4 Å². The number of carbonyl (C=O) groups is 1. The Balaban J connectivity index is 1.71. The lowest BCUT2D eigenvalue weighted by atomic mass is 10.2. The van der Waals surface area contributed by atoms with E-state index >= 15 is 0 Å². The third-order valence-electron chi connectivity index (χ3n) is 3.96. The highest BCUT2D eigenvalue weighted by Gasteiger charge is 2.13. The molecule has 0 saturated carbocycles. The molecule has 9 heteroatoms. The monoisotopic (exact) mass is 482 g/mol. The number of rotatable bonds is 6. The Hall–Kier alpha value is -2.44. The second-order valence-electron chi connectivity index (χ2n) is 6.05. The van der Waals surface area contributed by atoms with Gasteiger partial charge in [-0.1, -0.05) is 64.6 Å². The summed E-state index contributed by atoms with van der Waals surface area (Å²) in [5, 5.41) is 15.2. The van der Waals surface area contributed by atoms with E-state index in [1.165, 1.54) is 18.3 Å². The van der Waals surface area contributed by atoms with Crippen LogP contribution in [0.25, 0.3) is 0 Å². The highest BCUT2D eigenvalue weighted by atomic mass is 35.5. The number of hydrogen-bond donors (Lipinski definition) is 2. The minimum absolute atomic E-state index is 0.0786. The standard InChI is InChI=1S/C21H14Cl4N2O3/c22-14-6-5-12(17(24)8-14)11-30-19-4-2-1-3-16(19)21(29)27-26-10-13-7-15(23)9-18(25)20(13)28/h1-10,28H,11H2,(H,27,29)/b26-10+. The van der Waals surface area contributed by atoms with Crippen LogP contribution in [0.5, 0.6) is 11.5 Å². The minimum atomic E-state index is -0.503. The molecule has 0 saturated heterocycles. The van der Waals surface area contributed by atoms with Crippen LogP contribution in [0.15, 0.2) is 59.7 Å². The van der Waals surface area contributed by atoms with Crippen LogP contribution in [0, 0.1) is 0 Å². The van der Waals surface area contributed by atoms with E-state index in [4.69, 9.17) is 51.1 Å². The van der Waals surface area contributed by atoms with E-state index in [2.05, 4.69) is 10.5 Å². The molecule has 5 nitrogen and oxygen atoms in total. The van der Waals surface area contributed by atoms with Gasteiger partial charge in [-0.3, -0.25) is 4.79 Å². The summed E-state index contributed by atoms with van der Waals surface area (Å²) in [7, 11) is 0. The normalized spacial score (nSPS) is 10.9. The molecular weight excluding hydrogens is 470 g/mol. The molecule has 0 aliphatic heterocycles. The SMILES string of the molecule is O=C(N/N=C/c1cc(Cl)cc(Cl)c1O)c1ccccc1OCc1ccc(Cl)cc1Cl. The van der Waals surface area contributed by atoms with Gasteiger partial charge in [-0.05, 0) is 36.4 Å². The lowest BCUT2D eigenvalue weighted by Crippen LogP contribution is -2.18. The van der Waals surface area contributed by atoms with Gasteiger partial charge in [0, 0.05) is 26.2 Å². The van der Waals surface area contributed by atoms with Crippen LogP contribution >= 0.6 is 46.4 Å². The highest BCUT2D eigenvalue weighted by Crippen LogP contribution is 2.30. The number of benzene rings is 3. The Morgan fingerprint density at radius 2 is 1.73 bits per heavy atom. The molecule has 0 radical (unpaired) electrons. The van der Waals surface area contributed by atoms with Gasteiger partial charge < -0.3 is 9.84 Å². The van der Waals surface area contributed by atoms with Gasteiger partial charge in [-0.15, -0.1) is 0 Å². The fraction of sp³-hybridized carbons (Fsp3) is 0.0476. The molecule has 154 valence electrons. The van der Waals surface area contributed by atoms with Crippen molar-refractivity contribution in [1.82, 2.24) is 5.43 Å². The van der Waals surface area contributed by atoms with Crippen LogP contribution in [-0.4, -0.2) is 17.2 Å². The lowest BCUT2D eigenvalue weighted by Gasteiger charge is -2.11. The van der Waals surface area contributed by atoms with Gasteiger partial charge in [0.05, 0.1) is 16.8 Å². The van der Waals surface area contributed by atoms with Crippen molar-refractivity contribution >= 4 is 58.5 Å². The van der Waals surface area contributed by atoms with Crippen LogP contribution in [0.1, 0.15) is 21.5 Å². The van der Waals surface area contributed by atoms with Gasteiger partial charge in [0.15, 0.2) is 0 Å². The Labute approximate surface area is 192 Å². The van der Waals surface area contributed by atoms with Crippen molar-refractivity contribution in [1.29, 1.82) is 0 Å². The van der Waals surface area contributed by atoms with Crippen LogP contribution in [0.3, 0.4) is 0 Å². The summed E-state index contributed by atoms with van der Waals surface area (Å²) < 4.78 is 5.77.